The highest BCUT2D eigenvalue weighted by Crippen LogP contribution is 2.37. The van der Waals surface area contributed by atoms with Gasteiger partial charge in [-0.1, -0.05) is 54.6 Å². The van der Waals surface area contributed by atoms with E-state index in [-0.39, 0.29) is 12.0 Å². The molecule has 0 N–H and O–H groups in total. The number of amides is 1. The second-order valence-electron chi connectivity index (χ2n) is 8.89. The molecule has 2 atom stereocenters. The molecule has 3 aliphatic heterocycles. The van der Waals surface area contributed by atoms with Crippen molar-refractivity contribution >= 4 is 23.6 Å². The molecule has 0 radical (unpaired) electrons. The van der Waals surface area contributed by atoms with E-state index in [9.17, 15) is 4.79 Å². The highest BCUT2D eigenvalue weighted by atomic mass is 32.2. The van der Waals surface area contributed by atoms with Crippen LogP contribution in [-0.4, -0.2) is 48.3 Å². The van der Waals surface area contributed by atoms with Gasteiger partial charge in [-0.05, 0) is 35.4 Å². The summed E-state index contributed by atoms with van der Waals surface area (Å²) in [6, 6.07) is 26.3. The fourth-order valence-corrected chi connectivity index (χ4v) is 5.60. The number of aliphatic imine (C=N–C) groups is 1. The first kappa shape index (κ1) is 21.4. The molecule has 2 unspecified atom stereocenters. The monoisotopic (exact) mass is 470 g/mol. The van der Waals surface area contributed by atoms with Gasteiger partial charge < -0.3 is 14.4 Å². The number of rotatable bonds is 6. The third-order valence-corrected chi connectivity index (χ3v) is 7.70. The third-order valence-electron chi connectivity index (χ3n) is 6.71. The van der Waals surface area contributed by atoms with Crippen LogP contribution in [0.5, 0.6) is 0 Å². The predicted octanol–water partition coefficient (Wildman–Crippen LogP) is 4.82. The largest absolute Gasteiger partial charge is 0.466 e. The zero-order chi connectivity index (χ0) is 22.9. The Labute approximate surface area is 203 Å². The minimum Gasteiger partial charge on any atom is -0.466 e. The van der Waals surface area contributed by atoms with Gasteiger partial charge in [-0.2, -0.15) is 0 Å². The number of fused-ring (bicyclic) bond motifs is 3. The lowest BCUT2D eigenvalue weighted by Crippen LogP contribution is -2.38. The molecule has 1 fully saturated rings. The van der Waals surface area contributed by atoms with E-state index in [2.05, 4.69) is 36.4 Å². The van der Waals surface area contributed by atoms with Gasteiger partial charge in [-0.15, -0.1) is 11.8 Å². The van der Waals surface area contributed by atoms with Crippen molar-refractivity contribution < 1.29 is 14.3 Å². The predicted molar refractivity (Wildman–Crippen MR) is 133 cm³/mol. The molecule has 1 amide bonds. The molecule has 0 saturated carbocycles. The number of hydrogen-bond donors (Lipinski definition) is 0. The zero-order valence-electron chi connectivity index (χ0n) is 18.8. The van der Waals surface area contributed by atoms with Gasteiger partial charge in [0.2, 0.25) is 5.90 Å². The molecule has 1 saturated heterocycles. The van der Waals surface area contributed by atoms with Gasteiger partial charge in [0, 0.05) is 40.8 Å². The van der Waals surface area contributed by atoms with Crippen LogP contribution in [0.4, 0.5) is 0 Å². The Morgan fingerprint density at radius 3 is 2.47 bits per heavy atom. The van der Waals surface area contributed by atoms with E-state index in [1.54, 1.807) is 11.8 Å². The van der Waals surface area contributed by atoms with Gasteiger partial charge in [0.1, 0.15) is 0 Å². The summed E-state index contributed by atoms with van der Waals surface area (Å²) in [5.74, 6) is 1.89. The molecule has 0 spiro atoms. The number of hydrogen-bond acceptors (Lipinski definition) is 5. The Kier molecular flexibility index (Phi) is 5.85. The molecule has 0 bridgehead atoms. The number of nitrogens with zero attached hydrogens (tertiary/aromatic N) is 2. The molecular weight excluding hydrogens is 444 g/mol. The number of ether oxygens (including phenoxy) is 2. The van der Waals surface area contributed by atoms with E-state index < -0.39 is 6.04 Å². The lowest BCUT2D eigenvalue weighted by molar-refractivity contribution is -0.133. The maximum Gasteiger partial charge on any atom is 0.252 e. The number of carbonyl (C=O) groups is 1. The zero-order valence-corrected chi connectivity index (χ0v) is 19.6. The first-order valence-electron chi connectivity index (χ1n) is 11.7. The van der Waals surface area contributed by atoms with Gasteiger partial charge in [0.15, 0.2) is 12.1 Å². The van der Waals surface area contributed by atoms with Crippen molar-refractivity contribution in [2.75, 3.05) is 25.5 Å². The topological polar surface area (TPSA) is 51.1 Å². The summed E-state index contributed by atoms with van der Waals surface area (Å²) < 4.78 is 11.7. The molecule has 3 heterocycles. The van der Waals surface area contributed by atoms with Crippen LogP contribution >= 0.6 is 11.8 Å². The summed E-state index contributed by atoms with van der Waals surface area (Å²) in [5.41, 5.74) is 4.37. The second-order valence-corrected chi connectivity index (χ2v) is 10.1. The van der Waals surface area contributed by atoms with Crippen molar-refractivity contribution in [3.63, 3.8) is 0 Å². The van der Waals surface area contributed by atoms with Gasteiger partial charge >= 0.3 is 0 Å². The van der Waals surface area contributed by atoms with Crippen molar-refractivity contribution in [1.82, 2.24) is 4.90 Å². The molecule has 0 aromatic heterocycles. The van der Waals surface area contributed by atoms with Crippen molar-refractivity contribution in [2.24, 2.45) is 4.99 Å². The molecule has 3 aliphatic rings. The van der Waals surface area contributed by atoms with Crippen molar-refractivity contribution in [2.45, 2.75) is 29.5 Å². The minimum atomic E-state index is -0.555. The highest BCUT2D eigenvalue weighted by Gasteiger charge is 2.43. The lowest BCUT2D eigenvalue weighted by atomic mass is 9.97. The molecule has 6 rings (SSSR count). The van der Waals surface area contributed by atoms with E-state index in [0.717, 1.165) is 35.7 Å². The first-order chi connectivity index (χ1) is 16.8. The summed E-state index contributed by atoms with van der Waals surface area (Å²) in [5, 5.41) is 0. The summed E-state index contributed by atoms with van der Waals surface area (Å²) in [6.45, 7) is 2.82. The highest BCUT2D eigenvalue weighted by molar-refractivity contribution is 7.99. The van der Waals surface area contributed by atoms with E-state index in [0.29, 0.717) is 24.9 Å². The van der Waals surface area contributed by atoms with Crippen LogP contribution in [0.3, 0.4) is 0 Å². The fraction of sp³-hybridized carbons (Fsp3) is 0.286. The Hall–Kier alpha value is -3.09. The molecule has 34 heavy (non-hydrogen) atoms. The van der Waals surface area contributed by atoms with Crippen LogP contribution in [0.25, 0.3) is 0 Å². The third kappa shape index (κ3) is 4.12. The van der Waals surface area contributed by atoms with Gasteiger partial charge in [0.05, 0.1) is 13.2 Å². The molecule has 172 valence electrons. The van der Waals surface area contributed by atoms with Crippen LogP contribution in [0.1, 0.15) is 34.3 Å². The summed E-state index contributed by atoms with van der Waals surface area (Å²) in [6.07, 6.45) is -0.384. The minimum absolute atomic E-state index is 0.0353. The SMILES string of the molecule is O=C1C2N=C(c3ccc(C4COC4)cc3)OC2c2ccccc2CN1CCSc1ccccc1. The van der Waals surface area contributed by atoms with E-state index in [1.807, 2.05) is 47.4 Å². The second kappa shape index (κ2) is 9.28. The quantitative estimate of drug-likeness (QED) is 0.485. The maximum absolute atomic E-state index is 13.6. The Morgan fingerprint density at radius 1 is 0.941 bits per heavy atom. The van der Waals surface area contributed by atoms with Crippen LogP contribution in [-0.2, 0) is 20.8 Å². The van der Waals surface area contributed by atoms with Crippen LogP contribution < -0.4 is 0 Å². The standard InChI is InChI=1S/C28H26N2O3S/c31-28-25-26(33-27(29-25)20-12-10-19(11-13-20)22-17-32-18-22)24-9-5-4-6-21(24)16-30(28)14-15-34-23-7-2-1-3-8-23/h1-13,22,25-26H,14-18H2. The maximum atomic E-state index is 13.6. The fourth-order valence-electron chi connectivity index (χ4n) is 4.70. The smallest absolute Gasteiger partial charge is 0.252 e. The van der Waals surface area contributed by atoms with E-state index >= 15 is 0 Å². The normalized spacial score (nSPS) is 21.7. The Balaban J connectivity index is 1.24. The molecule has 3 aromatic carbocycles. The van der Waals surface area contributed by atoms with Crippen LogP contribution in [0, 0.1) is 0 Å². The lowest BCUT2D eigenvalue weighted by Gasteiger charge is -2.26. The van der Waals surface area contributed by atoms with Gasteiger partial charge in [0.25, 0.3) is 5.91 Å². The van der Waals surface area contributed by atoms with Crippen molar-refractivity contribution in [3.05, 3.63) is 101 Å². The van der Waals surface area contributed by atoms with Gasteiger partial charge in [-0.3, -0.25) is 4.79 Å². The van der Waals surface area contributed by atoms with E-state index in [4.69, 9.17) is 14.5 Å². The summed E-state index contributed by atoms with van der Waals surface area (Å²) >= 11 is 1.77. The molecule has 6 heteroatoms. The van der Waals surface area contributed by atoms with Crippen molar-refractivity contribution in [1.29, 1.82) is 0 Å². The average Bonchev–Trinajstić information content (AvgIpc) is 3.25. The summed E-state index contributed by atoms with van der Waals surface area (Å²) in [7, 11) is 0. The Bertz CT molecular complexity index is 1210. The number of benzene rings is 3. The van der Waals surface area contributed by atoms with E-state index in [1.165, 1.54) is 10.5 Å². The van der Waals surface area contributed by atoms with Gasteiger partial charge in [-0.25, -0.2) is 4.99 Å². The number of thioether (sulfide) groups is 1. The molecule has 0 aliphatic carbocycles. The summed E-state index contributed by atoms with van der Waals surface area (Å²) in [4.78, 5) is 21.6. The Morgan fingerprint density at radius 2 is 1.71 bits per heavy atom. The van der Waals surface area contributed by atoms with Crippen LogP contribution in [0.15, 0.2) is 88.8 Å². The first-order valence-corrected chi connectivity index (χ1v) is 12.7. The molecular formula is C28H26N2O3S. The van der Waals surface area contributed by atoms with Crippen LogP contribution in [0.2, 0.25) is 0 Å². The number of carbonyl (C=O) groups excluding carboxylic acids is 1. The van der Waals surface area contributed by atoms with Crippen molar-refractivity contribution in [3.8, 4) is 0 Å². The average molecular weight is 471 g/mol. The molecule has 3 aromatic rings. The molecule has 5 nitrogen and oxygen atoms in total.